The van der Waals surface area contributed by atoms with Crippen LogP contribution in [0.1, 0.15) is 21.5 Å². The van der Waals surface area contributed by atoms with Gasteiger partial charge in [0.05, 0.1) is 14.8 Å². The molecule has 0 atom stereocenters. The lowest BCUT2D eigenvalue weighted by atomic mass is 10.1. The number of hydrogen-bond acceptors (Lipinski definition) is 3. The number of carbonyl (C=O) groups is 1. The first-order valence-electron chi connectivity index (χ1n) is 5.84. The maximum absolute atomic E-state index is 10.9. The number of nitrogens with zero attached hydrogens (tertiary/aromatic N) is 1. The third kappa shape index (κ3) is 3.36. The van der Waals surface area contributed by atoms with Crippen molar-refractivity contribution in [3.05, 3.63) is 56.7 Å². The second kappa shape index (κ2) is 6.04. The Morgan fingerprint density at radius 1 is 1.25 bits per heavy atom. The number of aryl methyl sites for hydroxylation is 1. The van der Waals surface area contributed by atoms with E-state index in [1.54, 1.807) is 42.6 Å². The van der Waals surface area contributed by atoms with Crippen LogP contribution in [0.5, 0.6) is 5.75 Å². The van der Waals surface area contributed by atoms with Crippen LogP contribution in [0.15, 0.2) is 41.4 Å². The summed E-state index contributed by atoms with van der Waals surface area (Å²) >= 11 is 2.04. The van der Waals surface area contributed by atoms with Crippen molar-refractivity contribution in [1.82, 2.24) is 0 Å². The molecule has 0 radical (unpaired) electrons. The Hall–Kier alpha value is -1.89. The fourth-order valence-corrected chi connectivity index (χ4v) is 2.17. The second-order valence-electron chi connectivity index (χ2n) is 4.28. The van der Waals surface area contributed by atoms with E-state index in [1.165, 1.54) is 0 Å². The van der Waals surface area contributed by atoms with Crippen LogP contribution in [0.4, 0.5) is 5.69 Å². The van der Waals surface area contributed by atoms with Crippen LogP contribution in [-0.2, 0) is 0 Å². The van der Waals surface area contributed by atoms with Crippen molar-refractivity contribution >= 4 is 40.5 Å². The van der Waals surface area contributed by atoms with Crippen molar-refractivity contribution in [2.24, 2.45) is 4.99 Å². The molecule has 2 rings (SSSR count). The third-order valence-electron chi connectivity index (χ3n) is 2.78. The molecule has 0 spiro atoms. The van der Waals surface area contributed by atoms with Crippen LogP contribution in [-0.4, -0.2) is 22.4 Å². The number of aliphatic imine (C=N–C) groups is 1. The SMILES string of the molecule is Cc1ccc(C(=O)O)cc1N=Cc1ccc(O)c(I)c1. The zero-order valence-corrected chi connectivity index (χ0v) is 12.8. The van der Waals surface area contributed by atoms with Gasteiger partial charge in [-0.05, 0) is 71.0 Å². The molecule has 2 aromatic rings. The Morgan fingerprint density at radius 2 is 2.00 bits per heavy atom. The fraction of sp³-hybridized carbons (Fsp3) is 0.0667. The highest BCUT2D eigenvalue weighted by Gasteiger charge is 2.05. The quantitative estimate of drug-likeness (QED) is 0.629. The summed E-state index contributed by atoms with van der Waals surface area (Å²) in [4.78, 5) is 15.3. The Labute approximate surface area is 129 Å². The number of benzene rings is 2. The average molecular weight is 381 g/mol. The number of phenolic OH excluding ortho intramolecular Hbond substituents is 1. The largest absolute Gasteiger partial charge is 0.507 e. The number of aromatic hydroxyl groups is 1. The lowest BCUT2D eigenvalue weighted by Gasteiger charge is -2.02. The zero-order chi connectivity index (χ0) is 14.7. The highest BCUT2D eigenvalue weighted by atomic mass is 127. The molecule has 0 saturated heterocycles. The van der Waals surface area contributed by atoms with Crippen molar-refractivity contribution in [3.63, 3.8) is 0 Å². The van der Waals surface area contributed by atoms with Crippen LogP contribution < -0.4 is 0 Å². The summed E-state index contributed by atoms with van der Waals surface area (Å²) in [5, 5.41) is 18.4. The van der Waals surface area contributed by atoms with E-state index in [0.29, 0.717) is 5.69 Å². The topological polar surface area (TPSA) is 69.9 Å². The second-order valence-corrected chi connectivity index (χ2v) is 5.44. The summed E-state index contributed by atoms with van der Waals surface area (Å²) in [5.74, 6) is -0.743. The minimum atomic E-state index is -0.972. The number of aromatic carboxylic acids is 1. The molecule has 0 bridgehead atoms. The molecule has 0 heterocycles. The van der Waals surface area contributed by atoms with E-state index in [4.69, 9.17) is 5.11 Å². The maximum atomic E-state index is 10.9. The molecule has 2 aromatic carbocycles. The van der Waals surface area contributed by atoms with Gasteiger partial charge in [0.15, 0.2) is 0 Å². The van der Waals surface area contributed by atoms with Crippen molar-refractivity contribution in [3.8, 4) is 5.75 Å². The summed E-state index contributed by atoms with van der Waals surface area (Å²) in [6.45, 7) is 1.87. The molecular formula is C15H12INO3. The fourth-order valence-electron chi connectivity index (χ4n) is 1.63. The lowest BCUT2D eigenvalue weighted by molar-refractivity contribution is 0.0697. The summed E-state index contributed by atoms with van der Waals surface area (Å²) in [7, 11) is 0. The molecular weight excluding hydrogens is 369 g/mol. The molecule has 5 heteroatoms. The first-order chi connectivity index (χ1) is 9.47. The number of carboxylic acid groups (broad SMARTS) is 1. The molecule has 102 valence electrons. The van der Waals surface area contributed by atoms with Gasteiger partial charge in [0.2, 0.25) is 0 Å². The number of hydrogen-bond donors (Lipinski definition) is 2. The van der Waals surface area contributed by atoms with Gasteiger partial charge in [-0.15, -0.1) is 0 Å². The van der Waals surface area contributed by atoms with Gasteiger partial charge in [0.25, 0.3) is 0 Å². The van der Waals surface area contributed by atoms with Crippen molar-refractivity contribution < 1.29 is 15.0 Å². The van der Waals surface area contributed by atoms with E-state index in [1.807, 2.05) is 29.5 Å². The molecule has 0 aromatic heterocycles. The van der Waals surface area contributed by atoms with Crippen molar-refractivity contribution in [1.29, 1.82) is 0 Å². The summed E-state index contributed by atoms with van der Waals surface area (Å²) in [6.07, 6.45) is 1.65. The van der Waals surface area contributed by atoms with E-state index in [2.05, 4.69) is 4.99 Å². The molecule has 20 heavy (non-hydrogen) atoms. The molecule has 0 aliphatic carbocycles. The van der Waals surface area contributed by atoms with Gasteiger partial charge in [0, 0.05) is 6.21 Å². The maximum Gasteiger partial charge on any atom is 0.335 e. The van der Waals surface area contributed by atoms with Gasteiger partial charge in [-0.25, -0.2) is 4.79 Å². The highest BCUT2D eigenvalue weighted by molar-refractivity contribution is 14.1. The first-order valence-corrected chi connectivity index (χ1v) is 6.92. The number of halogens is 1. The Kier molecular flexibility index (Phi) is 4.39. The number of phenols is 1. The normalized spacial score (nSPS) is 10.9. The molecule has 2 N–H and O–H groups in total. The third-order valence-corrected chi connectivity index (χ3v) is 3.64. The van der Waals surface area contributed by atoms with Crippen LogP contribution >= 0.6 is 22.6 Å². The molecule has 0 unspecified atom stereocenters. The zero-order valence-electron chi connectivity index (χ0n) is 10.7. The van der Waals surface area contributed by atoms with Crippen LogP contribution in [0.25, 0.3) is 0 Å². The van der Waals surface area contributed by atoms with Crippen molar-refractivity contribution in [2.75, 3.05) is 0 Å². The van der Waals surface area contributed by atoms with Gasteiger partial charge in [-0.2, -0.15) is 0 Å². The smallest absolute Gasteiger partial charge is 0.335 e. The molecule has 0 saturated carbocycles. The van der Waals surface area contributed by atoms with Gasteiger partial charge in [-0.3, -0.25) is 4.99 Å². The molecule has 0 aliphatic heterocycles. The molecule has 0 amide bonds. The van der Waals surface area contributed by atoms with Crippen LogP contribution in [0, 0.1) is 10.5 Å². The van der Waals surface area contributed by atoms with E-state index >= 15 is 0 Å². The highest BCUT2D eigenvalue weighted by Crippen LogP contribution is 2.22. The van der Waals surface area contributed by atoms with Gasteiger partial charge >= 0.3 is 5.97 Å². The number of carboxylic acids is 1. The molecule has 0 fully saturated rings. The molecule has 4 nitrogen and oxygen atoms in total. The number of rotatable bonds is 3. The Balaban J connectivity index is 2.33. The Morgan fingerprint density at radius 3 is 2.65 bits per heavy atom. The Bertz CT molecular complexity index is 696. The average Bonchev–Trinajstić information content (AvgIpc) is 2.41. The minimum absolute atomic E-state index is 0.211. The summed E-state index contributed by atoms with van der Waals surface area (Å²) in [5.41, 5.74) is 2.57. The van der Waals surface area contributed by atoms with Crippen LogP contribution in [0.2, 0.25) is 0 Å². The van der Waals surface area contributed by atoms with E-state index in [9.17, 15) is 9.90 Å². The monoisotopic (exact) mass is 381 g/mol. The minimum Gasteiger partial charge on any atom is -0.507 e. The predicted octanol–water partition coefficient (Wildman–Crippen LogP) is 3.75. The lowest BCUT2D eigenvalue weighted by Crippen LogP contribution is -1.95. The van der Waals surface area contributed by atoms with Crippen molar-refractivity contribution in [2.45, 2.75) is 6.92 Å². The van der Waals surface area contributed by atoms with Gasteiger partial charge in [0.1, 0.15) is 5.75 Å². The van der Waals surface area contributed by atoms with Gasteiger partial charge < -0.3 is 10.2 Å². The molecule has 0 aliphatic rings. The van der Waals surface area contributed by atoms with E-state index in [-0.39, 0.29) is 11.3 Å². The summed E-state index contributed by atoms with van der Waals surface area (Å²) in [6, 6.07) is 9.98. The predicted molar refractivity (Wildman–Crippen MR) is 86.2 cm³/mol. The standard InChI is InChI=1S/C15H12INO3/c1-9-2-4-11(15(19)20)7-13(9)17-8-10-3-5-14(18)12(16)6-10/h2-8,18H,1H3,(H,19,20). The first kappa shape index (κ1) is 14.5. The summed E-state index contributed by atoms with van der Waals surface area (Å²) < 4.78 is 0.738. The van der Waals surface area contributed by atoms with E-state index in [0.717, 1.165) is 14.7 Å². The van der Waals surface area contributed by atoms with E-state index < -0.39 is 5.97 Å². The van der Waals surface area contributed by atoms with Gasteiger partial charge in [-0.1, -0.05) is 6.07 Å². The van der Waals surface area contributed by atoms with Crippen LogP contribution in [0.3, 0.4) is 0 Å².